The Morgan fingerprint density at radius 3 is 2.80 bits per heavy atom. The molecular weight excluding hydrogens is 464 g/mol. The van der Waals surface area contributed by atoms with E-state index in [9.17, 15) is 10.2 Å². The van der Waals surface area contributed by atoms with Crippen molar-refractivity contribution >= 4 is 29.0 Å². The van der Waals surface area contributed by atoms with Gasteiger partial charge in [-0.3, -0.25) is 14.9 Å². The van der Waals surface area contributed by atoms with Crippen molar-refractivity contribution in [3.05, 3.63) is 46.4 Å². The standard InChI is InChI=1S/C26H33ClN6O2/c1-16-4-8-33(25-11-23(27)21(10-20(16)25)18-12-29-31(3)13-18)26(28)22-14-32(17(2)34)7-5-24(22)30-19-6-9-35-15-19/h10-13,16,19,28,30H,4-9,14-15H2,1-3H3/t16?,19-/m0/s1. The second-order valence-electron chi connectivity index (χ2n) is 9.84. The number of rotatable bonds is 4. The lowest BCUT2D eigenvalue weighted by molar-refractivity contribution is -0.128. The largest absolute Gasteiger partial charge is 0.383 e. The minimum atomic E-state index is 0.0374. The summed E-state index contributed by atoms with van der Waals surface area (Å²) in [6, 6.07) is 4.40. The first-order valence-electron chi connectivity index (χ1n) is 12.3. The third kappa shape index (κ3) is 4.69. The number of nitrogens with one attached hydrogen (secondary N) is 2. The molecular formula is C26H33ClN6O2. The Hall–Kier alpha value is -2.84. The van der Waals surface area contributed by atoms with E-state index in [0.717, 1.165) is 54.1 Å². The van der Waals surface area contributed by atoms with E-state index in [4.69, 9.17) is 16.3 Å². The van der Waals surface area contributed by atoms with E-state index in [1.807, 2.05) is 30.4 Å². The summed E-state index contributed by atoms with van der Waals surface area (Å²) in [6.07, 6.45) is 6.40. The van der Waals surface area contributed by atoms with E-state index >= 15 is 0 Å². The van der Waals surface area contributed by atoms with Crippen LogP contribution in [0.15, 0.2) is 35.8 Å². The van der Waals surface area contributed by atoms with Crippen LogP contribution in [0.1, 0.15) is 44.6 Å². The van der Waals surface area contributed by atoms with E-state index in [1.165, 1.54) is 5.56 Å². The van der Waals surface area contributed by atoms with Crippen molar-refractivity contribution in [1.82, 2.24) is 20.0 Å². The first-order valence-corrected chi connectivity index (χ1v) is 12.7. The Balaban J connectivity index is 1.51. The maximum Gasteiger partial charge on any atom is 0.219 e. The number of amides is 1. The van der Waals surface area contributed by atoms with Crippen LogP contribution in [0.3, 0.4) is 0 Å². The van der Waals surface area contributed by atoms with Gasteiger partial charge in [0.05, 0.1) is 30.4 Å². The number of carbonyl (C=O) groups is 1. The molecule has 0 bridgehead atoms. The van der Waals surface area contributed by atoms with Crippen LogP contribution in [0, 0.1) is 5.41 Å². The number of aromatic nitrogens is 2. The zero-order valence-corrected chi connectivity index (χ0v) is 21.4. The lowest BCUT2D eigenvalue weighted by Gasteiger charge is -2.39. The van der Waals surface area contributed by atoms with Crippen LogP contribution in [0.25, 0.3) is 11.1 Å². The highest BCUT2D eigenvalue weighted by molar-refractivity contribution is 6.33. The highest BCUT2D eigenvalue weighted by Gasteiger charge is 2.32. The number of hydrogen-bond donors (Lipinski definition) is 2. The van der Waals surface area contributed by atoms with Gasteiger partial charge in [0.1, 0.15) is 5.84 Å². The van der Waals surface area contributed by atoms with Crippen molar-refractivity contribution in [2.75, 3.05) is 37.7 Å². The topological polar surface area (TPSA) is 86.5 Å². The maximum absolute atomic E-state index is 12.2. The summed E-state index contributed by atoms with van der Waals surface area (Å²) < 4.78 is 7.33. The minimum absolute atomic E-state index is 0.0374. The smallest absolute Gasteiger partial charge is 0.219 e. The number of hydrogen-bond acceptors (Lipinski definition) is 5. The highest BCUT2D eigenvalue weighted by atomic mass is 35.5. The maximum atomic E-state index is 12.2. The monoisotopic (exact) mass is 496 g/mol. The molecule has 9 heteroatoms. The molecule has 1 amide bonds. The summed E-state index contributed by atoms with van der Waals surface area (Å²) in [4.78, 5) is 16.1. The van der Waals surface area contributed by atoms with Crippen molar-refractivity contribution in [1.29, 1.82) is 5.41 Å². The summed E-state index contributed by atoms with van der Waals surface area (Å²) in [7, 11) is 1.90. The highest BCUT2D eigenvalue weighted by Crippen LogP contribution is 2.42. The van der Waals surface area contributed by atoms with Gasteiger partial charge in [-0.25, -0.2) is 0 Å². The lowest BCUT2D eigenvalue weighted by Crippen LogP contribution is -2.46. The Morgan fingerprint density at radius 2 is 2.11 bits per heavy atom. The predicted octanol–water partition coefficient (Wildman–Crippen LogP) is 3.92. The number of nitrogens with zero attached hydrogens (tertiary/aromatic N) is 4. The number of ether oxygens (including phenoxy) is 1. The van der Waals surface area contributed by atoms with Crippen molar-refractivity contribution in [3.8, 4) is 11.1 Å². The van der Waals surface area contributed by atoms with E-state index in [-0.39, 0.29) is 11.9 Å². The molecule has 0 radical (unpaired) electrons. The van der Waals surface area contributed by atoms with E-state index in [0.29, 0.717) is 42.9 Å². The SMILES string of the molecule is CC(=O)N1CCC(N[C@H]2CCOC2)=C(C(=N)N2CCC(C)c3cc(-c4cnn(C)c4)c(Cl)cc32)C1. The van der Waals surface area contributed by atoms with Crippen molar-refractivity contribution in [2.45, 2.75) is 45.1 Å². The molecule has 5 rings (SSSR count). The molecule has 0 spiro atoms. The molecule has 1 fully saturated rings. The Labute approximate surface area is 211 Å². The molecule has 1 saturated heterocycles. The minimum Gasteiger partial charge on any atom is -0.383 e. The molecule has 1 aromatic heterocycles. The fourth-order valence-corrected chi connectivity index (χ4v) is 5.55. The molecule has 2 atom stereocenters. The van der Waals surface area contributed by atoms with Gasteiger partial charge in [-0.1, -0.05) is 18.5 Å². The fraction of sp³-hybridized carbons (Fsp3) is 0.500. The Bertz CT molecular complexity index is 1180. The fourth-order valence-electron chi connectivity index (χ4n) is 5.29. The van der Waals surface area contributed by atoms with Gasteiger partial charge in [0.15, 0.2) is 0 Å². The first kappa shape index (κ1) is 23.9. The molecule has 4 heterocycles. The molecule has 3 aliphatic heterocycles. The van der Waals surface area contributed by atoms with Crippen LogP contribution in [0.4, 0.5) is 5.69 Å². The number of aryl methyl sites for hydroxylation is 1. The summed E-state index contributed by atoms with van der Waals surface area (Å²) in [5.41, 5.74) is 6.04. The average Bonchev–Trinajstić information content (AvgIpc) is 3.50. The molecule has 0 saturated carbocycles. The lowest BCUT2D eigenvalue weighted by atomic mass is 9.88. The molecule has 35 heavy (non-hydrogen) atoms. The van der Waals surface area contributed by atoms with Crippen LogP contribution in [-0.4, -0.2) is 65.3 Å². The van der Waals surface area contributed by atoms with Gasteiger partial charge in [-0.05, 0) is 36.5 Å². The zero-order chi connectivity index (χ0) is 24.7. The van der Waals surface area contributed by atoms with Gasteiger partial charge in [-0.15, -0.1) is 0 Å². The first-order chi connectivity index (χ1) is 16.8. The molecule has 0 aliphatic carbocycles. The third-order valence-electron chi connectivity index (χ3n) is 7.39. The van der Waals surface area contributed by atoms with Gasteiger partial charge in [-0.2, -0.15) is 5.10 Å². The van der Waals surface area contributed by atoms with Crippen molar-refractivity contribution in [2.24, 2.45) is 7.05 Å². The van der Waals surface area contributed by atoms with Gasteiger partial charge in [0, 0.05) is 74.4 Å². The molecule has 2 aromatic rings. The second kappa shape index (κ2) is 9.66. The quantitative estimate of drug-likeness (QED) is 0.495. The molecule has 1 aromatic carbocycles. The summed E-state index contributed by atoms with van der Waals surface area (Å²) >= 11 is 6.79. The van der Waals surface area contributed by atoms with Crippen molar-refractivity contribution in [3.63, 3.8) is 0 Å². The number of fused-ring (bicyclic) bond motifs is 1. The van der Waals surface area contributed by atoms with Gasteiger partial charge < -0.3 is 19.9 Å². The molecule has 8 nitrogen and oxygen atoms in total. The Morgan fingerprint density at radius 1 is 1.29 bits per heavy atom. The molecule has 3 aliphatic rings. The molecule has 1 unspecified atom stereocenters. The molecule has 2 N–H and O–H groups in total. The predicted molar refractivity (Wildman–Crippen MR) is 138 cm³/mol. The molecule has 186 valence electrons. The van der Waals surface area contributed by atoms with E-state index < -0.39 is 0 Å². The van der Waals surface area contributed by atoms with Crippen LogP contribution < -0.4 is 10.2 Å². The summed E-state index contributed by atoms with van der Waals surface area (Å²) in [6.45, 7) is 7.10. The van der Waals surface area contributed by atoms with Crippen molar-refractivity contribution < 1.29 is 9.53 Å². The van der Waals surface area contributed by atoms with Crippen LogP contribution in [0.2, 0.25) is 5.02 Å². The third-order valence-corrected chi connectivity index (χ3v) is 7.71. The van der Waals surface area contributed by atoms with Gasteiger partial charge in [0.2, 0.25) is 5.91 Å². The number of benzene rings is 1. The normalized spacial score (nSPS) is 22.4. The summed E-state index contributed by atoms with van der Waals surface area (Å²) in [5.74, 6) is 0.829. The number of amidine groups is 1. The van der Waals surface area contributed by atoms with Gasteiger partial charge >= 0.3 is 0 Å². The second-order valence-corrected chi connectivity index (χ2v) is 10.2. The van der Waals surface area contributed by atoms with E-state index in [1.54, 1.807) is 11.6 Å². The van der Waals surface area contributed by atoms with Crippen LogP contribution in [0.5, 0.6) is 0 Å². The zero-order valence-electron chi connectivity index (χ0n) is 20.6. The summed E-state index contributed by atoms with van der Waals surface area (Å²) in [5, 5.41) is 17.9. The number of halogens is 1. The van der Waals surface area contributed by atoms with E-state index in [2.05, 4.69) is 28.3 Å². The average molecular weight is 497 g/mol. The van der Waals surface area contributed by atoms with Gasteiger partial charge in [0.25, 0.3) is 0 Å². The number of carbonyl (C=O) groups excluding carboxylic acids is 1. The Kier molecular flexibility index (Phi) is 6.59. The number of anilines is 1. The van der Waals surface area contributed by atoms with Crippen LogP contribution in [-0.2, 0) is 16.6 Å². The van der Waals surface area contributed by atoms with Crippen LogP contribution >= 0.6 is 11.6 Å².